The molecule has 42 valence electrons. The Morgan fingerprint density at radius 2 is 2.12 bits per heavy atom. The van der Waals surface area contributed by atoms with Crippen molar-refractivity contribution >= 4 is 19.4 Å². The zero-order valence-corrected chi connectivity index (χ0v) is 5.05. The average Bonchev–Trinajstić information content (AvgIpc) is 1.65. The Morgan fingerprint density at radius 3 is 2.25 bits per heavy atom. The van der Waals surface area contributed by atoms with Gasteiger partial charge >= 0.3 is 0 Å². The first-order valence-electron chi connectivity index (χ1n) is 2.20. The van der Waals surface area contributed by atoms with Crippen LogP contribution in [0.3, 0.4) is 0 Å². The van der Waals surface area contributed by atoms with E-state index in [1.54, 1.807) is 14.0 Å². The Balaban J connectivity index is 3.89. The van der Waals surface area contributed by atoms with E-state index in [4.69, 9.17) is 13.6 Å². The highest BCUT2D eigenvalue weighted by atomic mass is 14.9. The third kappa shape index (κ3) is 3.40. The summed E-state index contributed by atoms with van der Waals surface area (Å²) in [5.41, 5.74) is 5.37. The summed E-state index contributed by atoms with van der Waals surface area (Å²) >= 11 is 0. The lowest BCUT2D eigenvalue weighted by Crippen LogP contribution is -2.08. The molecule has 0 aliphatic carbocycles. The molecule has 0 aromatic heterocycles. The largest absolute Gasteiger partial charge is 0.387 e. The second-order valence-electron chi connectivity index (χ2n) is 1.33. The van der Waals surface area contributed by atoms with Crippen molar-refractivity contribution in [2.75, 3.05) is 7.05 Å². The number of hydrogen-bond acceptors (Lipinski definition) is 1. The molecule has 2 N–H and O–H groups in total. The lowest BCUT2D eigenvalue weighted by molar-refractivity contribution is 1.42. The van der Waals surface area contributed by atoms with E-state index in [0.717, 1.165) is 0 Å². The molecule has 0 fully saturated rings. The number of nitrogens with zero attached hydrogens (tertiary/aromatic N) is 2. The van der Waals surface area contributed by atoms with Crippen LogP contribution in [-0.4, -0.2) is 26.5 Å². The summed E-state index contributed by atoms with van der Waals surface area (Å²) in [5, 5.41) is 0. The molecule has 3 nitrogen and oxygen atoms in total. The molecule has 0 aromatic rings. The smallest absolute Gasteiger partial charge is 0.169 e. The summed E-state index contributed by atoms with van der Waals surface area (Å²) < 4.78 is 0. The lowest BCUT2D eigenvalue weighted by atomic mass is 10.1. The minimum absolute atomic E-state index is 0.213. The van der Waals surface area contributed by atoms with Crippen LogP contribution < -0.4 is 5.73 Å². The number of amidine groups is 2. The minimum atomic E-state index is 0.213. The molecule has 8 heavy (non-hydrogen) atoms. The normalized spacial score (nSPS) is 14.2. The van der Waals surface area contributed by atoms with E-state index in [2.05, 4.69) is 9.98 Å². The Bertz CT molecular complexity index is 123. The molecular formula is C4H8BN3. The van der Waals surface area contributed by atoms with E-state index in [0.29, 0.717) is 5.84 Å². The van der Waals surface area contributed by atoms with Gasteiger partial charge in [0.1, 0.15) is 0 Å². The molecule has 0 aliphatic rings. The van der Waals surface area contributed by atoms with Crippen molar-refractivity contribution in [2.24, 2.45) is 15.7 Å². The average molecular weight is 109 g/mol. The summed E-state index contributed by atoms with van der Waals surface area (Å²) in [5.74, 6) is 0.424. The van der Waals surface area contributed by atoms with Crippen molar-refractivity contribution < 1.29 is 0 Å². The quantitative estimate of drug-likeness (QED) is 0.255. The molecule has 0 heterocycles. The maximum absolute atomic E-state index is 5.16. The SMILES string of the molecule is [B]C(=NC)/N=C(\C)N. The van der Waals surface area contributed by atoms with Crippen molar-refractivity contribution in [2.45, 2.75) is 6.92 Å². The van der Waals surface area contributed by atoms with Gasteiger partial charge in [0, 0.05) is 7.05 Å². The summed E-state index contributed by atoms with van der Waals surface area (Å²) in [6.45, 7) is 1.65. The summed E-state index contributed by atoms with van der Waals surface area (Å²) in [4.78, 5) is 7.17. The molecule has 0 saturated carbocycles. The zero-order valence-electron chi connectivity index (χ0n) is 5.05. The van der Waals surface area contributed by atoms with Crippen LogP contribution in [0.1, 0.15) is 6.92 Å². The van der Waals surface area contributed by atoms with Gasteiger partial charge in [0.2, 0.25) is 0 Å². The van der Waals surface area contributed by atoms with E-state index in [1.165, 1.54) is 0 Å². The third-order valence-corrected chi connectivity index (χ3v) is 0.520. The van der Waals surface area contributed by atoms with Gasteiger partial charge in [0.05, 0.1) is 11.6 Å². The highest BCUT2D eigenvalue weighted by molar-refractivity contribution is 6.60. The summed E-state index contributed by atoms with van der Waals surface area (Å²) in [7, 11) is 6.71. The lowest BCUT2D eigenvalue weighted by Gasteiger charge is -1.88. The van der Waals surface area contributed by atoms with Crippen LogP contribution in [0.5, 0.6) is 0 Å². The molecular weight excluding hydrogens is 101 g/mol. The molecule has 0 saturated heterocycles. The second-order valence-corrected chi connectivity index (χ2v) is 1.33. The van der Waals surface area contributed by atoms with Gasteiger partial charge < -0.3 is 5.73 Å². The zero-order chi connectivity index (χ0) is 6.57. The monoisotopic (exact) mass is 109 g/mol. The van der Waals surface area contributed by atoms with Crippen LogP contribution >= 0.6 is 0 Å². The molecule has 0 aromatic carbocycles. The van der Waals surface area contributed by atoms with Crippen LogP contribution in [0.25, 0.3) is 0 Å². The predicted molar refractivity (Wildman–Crippen MR) is 36.4 cm³/mol. The number of rotatable bonds is 0. The molecule has 4 heteroatoms. The fourth-order valence-electron chi connectivity index (χ4n) is 0.231. The molecule has 0 atom stereocenters. The van der Waals surface area contributed by atoms with Gasteiger partial charge in [0.25, 0.3) is 0 Å². The topological polar surface area (TPSA) is 50.7 Å². The third-order valence-electron chi connectivity index (χ3n) is 0.520. The Hall–Kier alpha value is -0.795. The van der Waals surface area contributed by atoms with E-state index >= 15 is 0 Å². The first kappa shape index (κ1) is 7.20. The maximum Gasteiger partial charge on any atom is 0.169 e. The van der Waals surface area contributed by atoms with Gasteiger partial charge in [-0.1, -0.05) is 0 Å². The molecule has 0 unspecified atom stereocenters. The number of aliphatic imine (C=N–C) groups is 2. The molecule has 2 radical (unpaired) electrons. The first-order chi connectivity index (χ1) is 3.66. The number of nitrogens with two attached hydrogens (primary N) is 1. The molecule has 0 aliphatic heterocycles. The van der Waals surface area contributed by atoms with Crippen molar-refractivity contribution in [3.8, 4) is 0 Å². The highest BCUT2D eigenvalue weighted by Crippen LogP contribution is 1.71. The number of hydrogen-bond donors (Lipinski definition) is 1. The molecule has 0 bridgehead atoms. The highest BCUT2D eigenvalue weighted by Gasteiger charge is 1.79. The minimum Gasteiger partial charge on any atom is -0.387 e. The van der Waals surface area contributed by atoms with Gasteiger partial charge in [-0.2, -0.15) is 0 Å². The molecule has 0 spiro atoms. The Morgan fingerprint density at radius 1 is 1.62 bits per heavy atom. The van der Waals surface area contributed by atoms with E-state index in [1.807, 2.05) is 0 Å². The van der Waals surface area contributed by atoms with E-state index in [9.17, 15) is 0 Å². The van der Waals surface area contributed by atoms with Crippen LogP contribution in [0.2, 0.25) is 0 Å². The molecule has 0 amide bonds. The van der Waals surface area contributed by atoms with Gasteiger partial charge in [-0.05, 0) is 6.92 Å². The predicted octanol–water partition coefficient (Wildman–Crippen LogP) is -0.482. The van der Waals surface area contributed by atoms with Crippen molar-refractivity contribution in [1.82, 2.24) is 0 Å². The van der Waals surface area contributed by atoms with E-state index in [-0.39, 0.29) is 5.73 Å². The van der Waals surface area contributed by atoms with Crippen molar-refractivity contribution in [1.29, 1.82) is 0 Å². The van der Waals surface area contributed by atoms with Crippen LogP contribution in [0.4, 0.5) is 0 Å². The van der Waals surface area contributed by atoms with Gasteiger partial charge in [-0.25, -0.2) is 4.99 Å². The summed E-state index contributed by atoms with van der Waals surface area (Å²) in [6.07, 6.45) is 0. The fraction of sp³-hybridized carbons (Fsp3) is 0.500. The van der Waals surface area contributed by atoms with Crippen LogP contribution in [0, 0.1) is 0 Å². The molecule has 0 rings (SSSR count). The Labute approximate surface area is 50.1 Å². The van der Waals surface area contributed by atoms with Crippen molar-refractivity contribution in [3.63, 3.8) is 0 Å². The first-order valence-corrected chi connectivity index (χ1v) is 2.20. The van der Waals surface area contributed by atoms with Crippen molar-refractivity contribution in [3.05, 3.63) is 0 Å². The Kier molecular flexibility index (Phi) is 2.92. The van der Waals surface area contributed by atoms with Crippen LogP contribution in [-0.2, 0) is 0 Å². The standard InChI is InChI=1S/C4H8BN3/c1-3(6)8-4(5)7-2/h1-2H3,(H2,6,7,8). The fourth-order valence-corrected chi connectivity index (χ4v) is 0.231. The van der Waals surface area contributed by atoms with Gasteiger partial charge in [0.15, 0.2) is 7.85 Å². The second kappa shape index (κ2) is 3.24. The van der Waals surface area contributed by atoms with Crippen LogP contribution in [0.15, 0.2) is 9.98 Å². The summed E-state index contributed by atoms with van der Waals surface area (Å²) in [6, 6.07) is 0. The van der Waals surface area contributed by atoms with E-state index < -0.39 is 0 Å². The maximum atomic E-state index is 5.16. The van der Waals surface area contributed by atoms with Gasteiger partial charge in [-0.3, -0.25) is 4.99 Å². The van der Waals surface area contributed by atoms with Gasteiger partial charge in [-0.15, -0.1) is 0 Å².